The summed E-state index contributed by atoms with van der Waals surface area (Å²) in [4.78, 5) is 27.5. The van der Waals surface area contributed by atoms with Crippen molar-refractivity contribution in [2.24, 2.45) is 0 Å². The third-order valence-corrected chi connectivity index (χ3v) is 6.67. The number of amides is 2. The van der Waals surface area contributed by atoms with Crippen LogP contribution >= 0.6 is 0 Å². The highest BCUT2D eigenvalue weighted by Gasteiger charge is 2.40. The van der Waals surface area contributed by atoms with Gasteiger partial charge in [-0.2, -0.15) is 0 Å². The number of rotatable bonds is 6. The van der Waals surface area contributed by atoms with Crippen LogP contribution in [0.5, 0.6) is 0 Å². The maximum atomic E-state index is 13.0. The Morgan fingerprint density at radius 3 is 2.53 bits per heavy atom. The zero-order chi connectivity index (χ0) is 22.1. The Morgan fingerprint density at radius 2 is 1.78 bits per heavy atom. The smallest absolute Gasteiger partial charge is 0.254 e. The van der Waals surface area contributed by atoms with E-state index in [-0.39, 0.29) is 17.9 Å². The quantitative estimate of drug-likeness (QED) is 0.622. The molecule has 3 aromatic rings. The molecule has 0 bridgehead atoms. The van der Waals surface area contributed by atoms with Crippen LogP contribution in [0.3, 0.4) is 0 Å². The molecule has 4 nitrogen and oxygen atoms in total. The second-order valence-electron chi connectivity index (χ2n) is 8.85. The molecule has 0 saturated heterocycles. The van der Waals surface area contributed by atoms with Crippen LogP contribution in [0.4, 0.5) is 0 Å². The van der Waals surface area contributed by atoms with Crippen LogP contribution in [-0.4, -0.2) is 29.3 Å². The number of carbonyl (C=O) groups excluding carboxylic acids is 2. The molecule has 2 atom stereocenters. The summed E-state index contributed by atoms with van der Waals surface area (Å²) in [6.07, 6.45) is 2.79. The van der Waals surface area contributed by atoms with Crippen molar-refractivity contribution in [1.29, 1.82) is 0 Å². The molecule has 1 fully saturated rings. The van der Waals surface area contributed by atoms with Gasteiger partial charge in [-0.15, -0.1) is 0 Å². The van der Waals surface area contributed by atoms with Gasteiger partial charge < -0.3 is 10.2 Å². The average Bonchev–Trinajstić information content (AvgIpc) is 3.60. The van der Waals surface area contributed by atoms with Crippen LogP contribution in [0.25, 0.3) is 0 Å². The Labute approximate surface area is 189 Å². The zero-order valence-electron chi connectivity index (χ0n) is 18.4. The second kappa shape index (κ2) is 8.62. The first kappa shape index (κ1) is 20.5. The van der Waals surface area contributed by atoms with E-state index in [2.05, 4.69) is 36.5 Å². The molecule has 0 spiro atoms. The minimum absolute atomic E-state index is 0.00940. The molecule has 1 heterocycles. The molecule has 1 aliphatic carbocycles. The fourth-order valence-electron chi connectivity index (χ4n) is 4.61. The number of nitrogens with zero attached hydrogens (tertiary/aromatic N) is 1. The van der Waals surface area contributed by atoms with Gasteiger partial charge in [0, 0.05) is 36.2 Å². The molecule has 5 rings (SSSR count). The van der Waals surface area contributed by atoms with Crippen LogP contribution in [0.1, 0.15) is 62.2 Å². The Balaban J connectivity index is 1.22. The third-order valence-electron chi connectivity index (χ3n) is 6.67. The maximum Gasteiger partial charge on any atom is 0.254 e. The lowest BCUT2D eigenvalue weighted by molar-refractivity contribution is 0.0727. The first-order valence-electron chi connectivity index (χ1n) is 11.5. The standard InChI is InChI=1S/C28H28N2O2/c1-2-19-8-10-21(11-9-19)27(31)29-26-17-25(26)22-12-13-24-23(16-22)14-15-30(28(24)32)18-20-6-4-3-5-7-20/h3-13,16,25-26H,2,14-15,17-18H2,1H3,(H,29,31). The lowest BCUT2D eigenvalue weighted by Gasteiger charge is -2.29. The van der Waals surface area contributed by atoms with E-state index in [1.54, 1.807) is 0 Å². The van der Waals surface area contributed by atoms with Gasteiger partial charge >= 0.3 is 0 Å². The molecule has 1 saturated carbocycles. The zero-order valence-corrected chi connectivity index (χ0v) is 18.4. The molecule has 1 aliphatic heterocycles. The van der Waals surface area contributed by atoms with Crippen molar-refractivity contribution in [3.8, 4) is 0 Å². The summed E-state index contributed by atoms with van der Waals surface area (Å²) in [5, 5.41) is 3.17. The fourth-order valence-corrected chi connectivity index (χ4v) is 4.61. The van der Waals surface area contributed by atoms with E-state index in [1.807, 2.05) is 53.4 Å². The Morgan fingerprint density at radius 1 is 1.00 bits per heavy atom. The van der Waals surface area contributed by atoms with Crippen LogP contribution in [0.2, 0.25) is 0 Å². The summed E-state index contributed by atoms with van der Waals surface area (Å²) < 4.78 is 0. The van der Waals surface area contributed by atoms with Gasteiger partial charge in [0.05, 0.1) is 0 Å². The van der Waals surface area contributed by atoms with E-state index in [1.165, 1.54) is 11.1 Å². The molecule has 2 amide bonds. The summed E-state index contributed by atoms with van der Waals surface area (Å²) >= 11 is 0. The molecular weight excluding hydrogens is 396 g/mol. The van der Waals surface area contributed by atoms with Crippen molar-refractivity contribution in [1.82, 2.24) is 10.2 Å². The van der Waals surface area contributed by atoms with E-state index in [9.17, 15) is 9.59 Å². The SMILES string of the molecule is CCc1ccc(C(=O)NC2CC2c2ccc3c(c2)CCN(Cc2ccccc2)C3=O)cc1. The number of fused-ring (bicyclic) bond motifs is 1. The summed E-state index contributed by atoms with van der Waals surface area (Å²) in [6, 6.07) is 24.4. The summed E-state index contributed by atoms with van der Waals surface area (Å²) in [5.41, 5.74) is 6.26. The average molecular weight is 425 g/mol. The summed E-state index contributed by atoms with van der Waals surface area (Å²) in [5.74, 6) is 0.430. The molecule has 2 aliphatic rings. The number of nitrogens with one attached hydrogen (secondary N) is 1. The molecule has 4 heteroatoms. The fraction of sp³-hybridized carbons (Fsp3) is 0.286. The van der Waals surface area contributed by atoms with Gasteiger partial charge in [-0.25, -0.2) is 0 Å². The lowest BCUT2D eigenvalue weighted by Crippen LogP contribution is -2.37. The first-order valence-corrected chi connectivity index (χ1v) is 11.5. The highest BCUT2D eigenvalue weighted by Crippen LogP contribution is 2.42. The largest absolute Gasteiger partial charge is 0.349 e. The van der Waals surface area contributed by atoms with E-state index in [0.717, 1.165) is 42.5 Å². The van der Waals surface area contributed by atoms with Gasteiger partial charge in [0.2, 0.25) is 0 Å². The van der Waals surface area contributed by atoms with Crippen LogP contribution in [-0.2, 0) is 19.4 Å². The minimum Gasteiger partial charge on any atom is -0.349 e. The lowest BCUT2D eigenvalue weighted by atomic mass is 9.94. The number of benzene rings is 3. The van der Waals surface area contributed by atoms with Crippen molar-refractivity contribution in [2.45, 2.75) is 44.7 Å². The minimum atomic E-state index is -0.00940. The number of aryl methyl sites for hydroxylation is 1. The highest BCUT2D eigenvalue weighted by molar-refractivity contribution is 5.97. The van der Waals surface area contributed by atoms with E-state index in [4.69, 9.17) is 0 Å². The Kier molecular flexibility index (Phi) is 5.52. The van der Waals surface area contributed by atoms with Gasteiger partial charge in [0.15, 0.2) is 0 Å². The summed E-state index contributed by atoms with van der Waals surface area (Å²) in [6.45, 7) is 3.50. The molecule has 3 aromatic carbocycles. The van der Waals surface area contributed by atoms with Crippen LogP contribution in [0.15, 0.2) is 72.8 Å². The normalized spacial score (nSPS) is 19.4. The van der Waals surface area contributed by atoms with Crippen molar-refractivity contribution in [2.75, 3.05) is 6.54 Å². The third kappa shape index (κ3) is 4.18. The van der Waals surface area contributed by atoms with E-state index in [0.29, 0.717) is 18.0 Å². The van der Waals surface area contributed by atoms with Crippen molar-refractivity contribution in [3.05, 3.63) is 106 Å². The molecule has 0 radical (unpaired) electrons. The molecular formula is C28H28N2O2. The molecule has 162 valence electrons. The van der Waals surface area contributed by atoms with Gasteiger partial charge in [-0.05, 0) is 59.7 Å². The monoisotopic (exact) mass is 424 g/mol. The Bertz CT molecular complexity index is 1140. The van der Waals surface area contributed by atoms with Gasteiger partial charge in [-0.3, -0.25) is 9.59 Å². The molecule has 2 unspecified atom stereocenters. The van der Waals surface area contributed by atoms with Crippen LogP contribution < -0.4 is 5.32 Å². The topological polar surface area (TPSA) is 49.4 Å². The van der Waals surface area contributed by atoms with Crippen molar-refractivity contribution in [3.63, 3.8) is 0 Å². The maximum absolute atomic E-state index is 13.0. The predicted molar refractivity (Wildman–Crippen MR) is 126 cm³/mol. The Hall–Kier alpha value is -3.40. The molecule has 1 N–H and O–H groups in total. The first-order chi connectivity index (χ1) is 15.6. The molecule has 32 heavy (non-hydrogen) atoms. The summed E-state index contributed by atoms with van der Waals surface area (Å²) in [7, 11) is 0. The van der Waals surface area contributed by atoms with Crippen molar-refractivity contribution < 1.29 is 9.59 Å². The van der Waals surface area contributed by atoms with Crippen LogP contribution in [0, 0.1) is 0 Å². The number of hydrogen-bond donors (Lipinski definition) is 1. The van der Waals surface area contributed by atoms with Gasteiger partial charge in [0.25, 0.3) is 11.8 Å². The number of carbonyl (C=O) groups is 2. The molecule has 0 aromatic heterocycles. The van der Waals surface area contributed by atoms with Gasteiger partial charge in [-0.1, -0.05) is 61.5 Å². The van der Waals surface area contributed by atoms with E-state index >= 15 is 0 Å². The van der Waals surface area contributed by atoms with Crippen molar-refractivity contribution >= 4 is 11.8 Å². The number of hydrogen-bond acceptors (Lipinski definition) is 2. The predicted octanol–water partition coefficient (Wildman–Crippen LogP) is 4.73. The highest BCUT2D eigenvalue weighted by atomic mass is 16.2. The van der Waals surface area contributed by atoms with Gasteiger partial charge in [0.1, 0.15) is 0 Å². The second-order valence-corrected chi connectivity index (χ2v) is 8.85. The van der Waals surface area contributed by atoms with E-state index < -0.39 is 0 Å².